The fourth-order valence-corrected chi connectivity index (χ4v) is 8.29. The van der Waals surface area contributed by atoms with Crippen LogP contribution in [0.3, 0.4) is 0 Å². The molecule has 252 valence electrons. The van der Waals surface area contributed by atoms with E-state index in [1.807, 2.05) is 35.9 Å². The topological polar surface area (TPSA) is 138 Å². The molecule has 10 nitrogen and oxygen atoms in total. The lowest BCUT2D eigenvalue weighted by Crippen LogP contribution is -2.35. The first-order valence-electron chi connectivity index (χ1n) is 17.0. The lowest BCUT2D eigenvalue weighted by atomic mass is 9.81. The molecule has 7 rings (SSSR count). The smallest absolute Gasteiger partial charge is 0.264 e. The molecular formula is C37H43N5O5S. The summed E-state index contributed by atoms with van der Waals surface area (Å²) >= 11 is 0. The van der Waals surface area contributed by atoms with Crippen molar-refractivity contribution in [1.82, 2.24) is 19.1 Å². The number of carbonyl (C=O) groups is 2. The number of nitrogens with zero attached hydrogens (tertiary/aromatic N) is 3. The van der Waals surface area contributed by atoms with E-state index >= 15 is 0 Å². The number of primary amides is 1. The van der Waals surface area contributed by atoms with Crippen LogP contribution < -0.4 is 15.2 Å². The molecule has 4 aromatic rings. The molecular weight excluding hydrogens is 627 g/mol. The summed E-state index contributed by atoms with van der Waals surface area (Å²) in [5.41, 5.74) is 14.1. The molecule has 3 N–H and O–H groups in total. The Bertz CT molecular complexity index is 2100. The molecule has 2 aliphatic carbocycles. The number of allylic oxidation sites excluding steroid dienone is 1. The highest BCUT2D eigenvalue weighted by Crippen LogP contribution is 2.48. The zero-order chi connectivity index (χ0) is 33.9. The highest BCUT2D eigenvalue weighted by Gasteiger charge is 2.34. The van der Waals surface area contributed by atoms with Gasteiger partial charge < -0.3 is 15.0 Å². The van der Waals surface area contributed by atoms with Gasteiger partial charge in [0.2, 0.25) is 10.0 Å². The summed E-state index contributed by atoms with van der Waals surface area (Å²) in [6.07, 6.45) is 10.8. The zero-order valence-electron chi connectivity index (χ0n) is 28.0. The number of carbonyl (C=O) groups excluding carboxylic acids is 2. The van der Waals surface area contributed by atoms with Crippen LogP contribution in [0.4, 0.5) is 0 Å². The Labute approximate surface area is 281 Å². The van der Waals surface area contributed by atoms with Gasteiger partial charge in [0.25, 0.3) is 11.8 Å². The number of nitrogens with two attached hydrogens (primary N) is 1. The fraction of sp³-hybridized carbons (Fsp3) is 0.432. The molecule has 0 spiro atoms. The maximum absolute atomic E-state index is 13.4. The van der Waals surface area contributed by atoms with Gasteiger partial charge in [-0.25, -0.2) is 13.1 Å². The number of ether oxygens (including phenoxy) is 1. The van der Waals surface area contributed by atoms with E-state index in [4.69, 9.17) is 15.6 Å². The number of aromatic nitrogens is 3. The maximum atomic E-state index is 13.4. The lowest BCUT2D eigenvalue weighted by molar-refractivity contribution is 0.0977. The molecule has 0 unspecified atom stereocenters. The molecule has 2 aromatic heterocycles. The predicted octanol–water partition coefficient (Wildman–Crippen LogP) is 6.72. The summed E-state index contributed by atoms with van der Waals surface area (Å²) in [5.74, 6) is -0.143. The number of methoxy groups -OCH3 is 1. The lowest BCUT2D eigenvalue weighted by Gasteiger charge is -2.28. The van der Waals surface area contributed by atoms with E-state index in [2.05, 4.69) is 21.4 Å². The minimum Gasteiger partial charge on any atom is -0.497 e. The Hall–Kier alpha value is -4.38. The molecule has 0 saturated heterocycles. The zero-order valence-corrected chi connectivity index (χ0v) is 28.8. The SMILES string of the molecule is COc1ccc2c(c1)C=C(c1c(C(N)=O)c(C)nn1C1CCC1)Cn1c-2c(C2CCCCC2)c2ccc(C(=O)NS(=O)(=O)C(C)C)cc21. The van der Waals surface area contributed by atoms with Crippen LogP contribution in [0, 0.1) is 6.92 Å². The van der Waals surface area contributed by atoms with Gasteiger partial charge in [0.15, 0.2) is 0 Å². The van der Waals surface area contributed by atoms with Crippen molar-refractivity contribution in [1.29, 1.82) is 0 Å². The molecule has 11 heteroatoms. The molecule has 0 atom stereocenters. The van der Waals surface area contributed by atoms with Crippen molar-refractivity contribution >= 4 is 44.4 Å². The summed E-state index contributed by atoms with van der Waals surface area (Å²) in [4.78, 5) is 26.4. The Morgan fingerprint density at radius 3 is 2.40 bits per heavy atom. The highest BCUT2D eigenvalue weighted by atomic mass is 32.2. The van der Waals surface area contributed by atoms with Gasteiger partial charge in [-0.05, 0) is 112 Å². The molecule has 1 aliphatic heterocycles. The van der Waals surface area contributed by atoms with Crippen LogP contribution in [0.2, 0.25) is 0 Å². The van der Waals surface area contributed by atoms with Crippen LogP contribution in [-0.2, 0) is 16.6 Å². The minimum atomic E-state index is -3.83. The van der Waals surface area contributed by atoms with Crippen molar-refractivity contribution in [3.8, 4) is 17.0 Å². The molecule has 3 aliphatic rings. The van der Waals surface area contributed by atoms with Crippen molar-refractivity contribution in [3.05, 3.63) is 70.0 Å². The van der Waals surface area contributed by atoms with Gasteiger partial charge in [0.1, 0.15) is 5.75 Å². The molecule has 2 saturated carbocycles. The normalized spacial score (nSPS) is 17.0. The van der Waals surface area contributed by atoms with E-state index in [0.29, 0.717) is 23.7 Å². The molecule has 2 aromatic carbocycles. The molecule has 48 heavy (non-hydrogen) atoms. The number of hydrogen-bond acceptors (Lipinski definition) is 6. The van der Waals surface area contributed by atoms with Gasteiger partial charge in [-0.15, -0.1) is 0 Å². The number of fused-ring (bicyclic) bond motifs is 5. The van der Waals surface area contributed by atoms with Crippen molar-refractivity contribution in [2.24, 2.45) is 5.73 Å². The van der Waals surface area contributed by atoms with Crippen LogP contribution in [0.15, 0.2) is 36.4 Å². The standard InChI is InChI=1S/C37H43N5O5S/c1-21(2)48(45,46)40-37(44)24-13-15-30-31(19-24)41-20-26(34-32(36(38)43)22(3)39-42(34)27-11-8-12-27)17-25-18-28(47-4)14-16-29(25)35(41)33(30)23-9-6-5-7-10-23/h13-19,21,23,27H,5-12,20H2,1-4H3,(H2,38,43)(H,40,44). The first-order valence-corrected chi connectivity index (χ1v) is 18.5. The maximum Gasteiger partial charge on any atom is 0.264 e. The summed E-state index contributed by atoms with van der Waals surface area (Å²) in [6, 6.07) is 11.8. The van der Waals surface area contributed by atoms with E-state index in [1.54, 1.807) is 27.0 Å². The minimum absolute atomic E-state index is 0.178. The van der Waals surface area contributed by atoms with E-state index in [0.717, 1.165) is 89.7 Å². The number of rotatable bonds is 8. The molecule has 2 fully saturated rings. The third-order valence-electron chi connectivity index (χ3n) is 10.5. The number of aryl methyl sites for hydroxylation is 1. The van der Waals surface area contributed by atoms with Gasteiger partial charge in [0.05, 0.1) is 47.6 Å². The van der Waals surface area contributed by atoms with E-state index in [-0.39, 0.29) is 11.6 Å². The quantitative estimate of drug-likeness (QED) is 0.214. The van der Waals surface area contributed by atoms with Gasteiger partial charge in [-0.3, -0.25) is 14.3 Å². The Morgan fingerprint density at radius 1 is 1.00 bits per heavy atom. The van der Waals surface area contributed by atoms with Crippen molar-refractivity contribution in [2.45, 2.75) is 95.9 Å². The first kappa shape index (κ1) is 32.2. The second-order valence-electron chi connectivity index (χ2n) is 13.8. The average molecular weight is 670 g/mol. The second kappa shape index (κ2) is 12.3. The largest absolute Gasteiger partial charge is 0.497 e. The third-order valence-corrected chi connectivity index (χ3v) is 12.2. The van der Waals surface area contributed by atoms with E-state index in [1.165, 1.54) is 12.0 Å². The number of amides is 2. The van der Waals surface area contributed by atoms with Crippen molar-refractivity contribution < 1.29 is 22.7 Å². The number of nitrogens with one attached hydrogen (secondary N) is 1. The van der Waals surface area contributed by atoms with Crippen LogP contribution >= 0.6 is 0 Å². The van der Waals surface area contributed by atoms with E-state index < -0.39 is 27.1 Å². The van der Waals surface area contributed by atoms with Gasteiger partial charge in [-0.1, -0.05) is 25.3 Å². The molecule has 0 bridgehead atoms. The first-order chi connectivity index (χ1) is 23.0. The van der Waals surface area contributed by atoms with E-state index in [9.17, 15) is 18.0 Å². The van der Waals surface area contributed by atoms with Crippen LogP contribution in [-0.4, -0.2) is 46.9 Å². The number of hydrogen-bond donors (Lipinski definition) is 2. The summed E-state index contributed by atoms with van der Waals surface area (Å²) in [6.45, 7) is 5.31. The van der Waals surface area contributed by atoms with Crippen LogP contribution in [0.25, 0.3) is 33.8 Å². The Morgan fingerprint density at radius 2 is 1.75 bits per heavy atom. The number of benzene rings is 2. The fourth-order valence-electron chi connectivity index (χ4n) is 7.68. The molecule has 3 heterocycles. The Kier molecular flexibility index (Phi) is 8.22. The van der Waals surface area contributed by atoms with Crippen LogP contribution in [0.5, 0.6) is 5.75 Å². The summed E-state index contributed by atoms with van der Waals surface area (Å²) < 4.78 is 37.5. The van der Waals surface area contributed by atoms with Gasteiger partial charge in [0, 0.05) is 22.0 Å². The monoisotopic (exact) mass is 669 g/mol. The van der Waals surface area contributed by atoms with Gasteiger partial charge >= 0.3 is 0 Å². The Balaban J connectivity index is 1.51. The van der Waals surface area contributed by atoms with Crippen LogP contribution in [0.1, 0.15) is 120 Å². The van der Waals surface area contributed by atoms with Crippen molar-refractivity contribution in [2.75, 3.05) is 7.11 Å². The summed E-state index contributed by atoms with van der Waals surface area (Å²) in [7, 11) is -2.17. The van der Waals surface area contributed by atoms with Gasteiger partial charge in [-0.2, -0.15) is 5.10 Å². The van der Waals surface area contributed by atoms with Crippen molar-refractivity contribution in [3.63, 3.8) is 0 Å². The average Bonchev–Trinajstić information content (AvgIpc) is 3.47. The highest BCUT2D eigenvalue weighted by molar-refractivity contribution is 7.90. The second-order valence-corrected chi connectivity index (χ2v) is 16.0. The number of sulfonamides is 1. The molecule has 0 radical (unpaired) electrons. The summed E-state index contributed by atoms with van der Waals surface area (Å²) in [5, 5.41) is 5.15. The molecule has 2 amide bonds. The third kappa shape index (κ3) is 5.41. The predicted molar refractivity (Wildman–Crippen MR) is 188 cm³/mol.